The van der Waals surface area contributed by atoms with E-state index in [1.54, 1.807) is 36.2 Å². The standard InChI is InChI=1S/C19H24N2O3/c1-3-17(22)15-7-9-16(10-8-15)24-13-18(23)21(2)19(14-20)11-5-4-6-12-19/h7-10H,3-6,11-13H2,1-2H3. The maximum Gasteiger partial charge on any atom is 0.261 e. The number of carbonyl (C=O) groups excluding carboxylic acids is 2. The lowest BCUT2D eigenvalue weighted by atomic mass is 9.81. The molecule has 1 aromatic rings. The second kappa shape index (κ2) is 7.96. The van der Waals surface area contributed by atoms with Crippen LogP contribution in [-0.4, -0.2) is 35.8 Å². The highest BCUT2D eigenvalue weighted by Gasteiger charge is 2.38. The zero-order valence-corrected chi connectivity index (χ0v) is 14.4. The number of hydrogen-bond donors (Lipinski definition) is 0. The van der Waals surface area contributed by atoms with Gasteiger partial charge in [0, 0.05) is 19.0 Å². The molecule has 0 N–H and O–H groups in total. The molecule has 1 aromatic carbocycles. The van der Waals surface area contributed by atoms with Crippen LogP contribution >= 0.6 is 0 Å². The first kappa shape index (κ1) is 18.0. The van der Waals surface area contributed by atoms with Gasteiger partial charge in [-0.1, -0.05) is 26.2 Å². The number of nitriles is 1. The fraction of sp³-hybridized carbons (Fsp3) is 0.526. The zero-order chi connectivity index (χ0) is 17.6. The summed E-state index contributed by atoms with van der Waals surface area (Å²) < 4.78 is 5.53. The van der Waals surface area contributed by atoms with Gasteiger partial charge in [-0.05, 0) is 37.1 Å². The van der Waals surface area contributed by atoms with E-state index in [0.29, 0.717) is 17.7 Å². The quantitative estimate of drug-likeness (QED) is 0.751. The predicted octanol–water partition coefficient (Wildman–Crippen LogP) is 3.34. The Morgan fingerprint density at radius 1 is 1.21 bits per heavy atom. The number of ether oxygens (including phenoxy) is 1. The fourth-order valence-corrected chi connectivity index (χ4v) is 3.08. The number of amides is 1. The largest absolute Gasteiger partial charge is 0.484 e. The molecule has 1 aliphatic rings. The van der Waals surface area contributed by atoms with E-state index in [0.717, 1.165) is 32.1 Å². The molecule has 1 fully saturated rings. The molecule has 128 valence electrons. The fourth-order valence-electron chi connectivity index (χ4n) is 3.08. The van der Waals surface area contributed by atoms with Crippen LogP contribution in [0, 0.1) is 11.3 Å². The summed E-state index contributed by atoms with van der Waals surface area (Å²) in [6.45, 7) is 1.71. The van der Waals surface area contributed by atoms with E-state index < -0.39 is 5.54 Å². The molecule has 0 aliphatic heterocycles. The molecule has 0 atom stereocenters. The first-order valence-corrected chi connectivity index (χ1v) is 8.46. The molecule has 0 saturated heterocycles. The third-order valence-corrected chi connectivity index (χ3v) is 4.76. The molecule has 0 aromatic heterocycles. The second-order valence-corrected chi connectivity index (χ2v) is 6.25. The molecule has 1 amide bonds. The number of hydrogen-bond acceptors (Lipinski definition) is 4. The Hall–Kier alpha value is -2.35. The number of likely N-dealkylation sites (N-methyl/N-ethyl adjacent to an activating group) is 1. The second-order valence-electron chi connectivity index (χ2n) is 6.25. The van der Waals surface area contributed by atoms with Gasteiger partial charge in [0.2, 0.25) is 0 Å². The number of benzene rings is 1. The minimum absolute atomic E-state index is 0.0746. The molecule has 1 saturated carbocycles. The molecule has 5 nitrogen and oxygen atoms in total. The summed E-state index contributed by atoms with van der Waals surface area (Å²) >= 11 is 0. The van der Waals surface area contributed by atoms with Gasteiger partial charge in [0.05, 0.1) is 6.07 Å². The Morgan fingerprint density at radius 3 is 2.38 bits per heavy atom. The molecule has 0 unspecified atom stereocenters. The van der Waals surface area contributed by atoms with Crippen LogP contribution in [-0.2, 0) is 4.79 Å². The molecule has 5 heteroatoms. The summed E-state index contributed by atoms with van der Waals surface area (Å²) in [5.41, 5.74) is -0.0604. The molecule has 2 rings (SSSR count). The van der Waals surface area contributed by atoms with Crippen molar-refractivity contribution in [2.75, 3.05) is 13.7 Å². The molecular formula is C19H24N2O3. The van der Waals surface area contributed by atoms with Crippen molar-refractivity contribution in [1.29, 1.82) is 5.26 Å². The lowest BCUT2D eigenvalue weighted by Crippen LogP contribution is -2.51. The highest BCUT2D eigenvalue weighted by molar-refractivity contribution is 5.95. The van der Waals surface area contributed by atoms with Gasteiger partial charge in [0.25, 0.3) is 5.91 Å². The van der Waals surface area contributed by atoms with E-state index in [1.807, 2.05) is 6.92 Å². The van der Waals surface area contributed by atoms with Crippen molar-refractivity contribution in [1.82, 2.24) is 4.90 Å². The van der Waals surface area contributed by atoms with Crippen molar-refractivity contribution in [2.24, 2.45) is 0 Å². The van der Waals surface area contributed by atoms with E-state index in [9.17, 15) is 14.9 Å². The summed E-state index contributed by atoms with van der Waals surface area (Å²) in [5.74, 6) is 0.414. The molecule has 1 aliphatic carbocycles. The summed E-state index contributed by atoms with van der Waals surface area (Å²) in [6, 6.07) is 9.12. The molecule has 0 bridgehead atoms. The topological polar surface area (TPSA) is 70.4 Å². The van der Waals surface area contributed by atoms with Crippen LogP contribution in [0.25, 0.3) is 0 Å². The van der Waals surface area contributed by atoms with Gasteiger partial charge in [-0.3, -0.25) is 9.59 Å². The summed E-state index contributed by atoms with van der Waals surface area (Å²) in [7, 11) is 1.68. The minimum Gasteiger partial charge on any atom is -0.484 e. The molecule has 0 spiro atoms. The minimum atomic E-state index is -0.698. The zero-order valence-electron chi connectivity index (χ0n) is 14.4. The summed E-state index contributed by atoms with van der Waals surface area (Å²) in [6.07, 6.45) is 4.96. The summed E-state index contributed by atoms with van der Waals surface area (Å²) in [4.78, 5) is 25.5. The van der Waals surface area contributed by atoms with Crippen LogP contribution in [0.3, 0.4) is 0 Å². The molecule has 0 heterocycles. The summed E-state index contributed by atoms with van der Waals surface area (Å²) in [5, 5.41) is 9.54. The average Bonchev–Trinajstić information content (AvgIpc) is 2.65. The maximum absolute atomic E-state index is 12.4. The van der Waals surface area contributed by atoms with Crippen molar-refractivity contribution in [3.05, 3.63) is 29.8 Å². The Balaban J connectivity index is 1.95. The van der Waals surface area contributed by atoms with E-state index in [2.05, 4.69) is 6.07 Å². The average molecular weight is 328 g/mol. The smallest absolute Gasteiger partial charge is 0.261 e. The monoisotopic (exact) mass is 328 g/mol. The van der Waals surface area contributed by atoms with Gasteiger partial charge in [-0.25, -0.2) is 0 Å². The third kappa shape index (κ3) is 3.94. The molecule has 0 radical (unpaired) electrons. The highest BCUT2D eigenvalue weighted by Crippen LogP contribution is 2.32. The van der Waals surface area contributed by atoms with Crippen LogP contribution in [0.5, 0.6) is 5.75 Å². The first-order valence-electron chi connectivity index (χ1n) is 8.46. The Labute approximate surface area is 143 Å². The van der Waals surface area contributed by atoms with Gasteiger partial charge < -0.3 is 9.64 Å². The number of ketones is 1. The Morgan fingerprint density at radius 2 is 1.83 bits per heavy atom. The van der Waals surface area contributed by atoms with Crippen molar-refractivity contribution in [3.8, 4) is 11.8 Å². The van der Waals surface area contributed by atoms with Crippen molar-refractivity contribution >= 4 is 11.7 Å². The lowest BCUT2D eigenvalue weighted by molar-refractivity contribution is -0.137. The van der Waals surface area contributed by atoms with Gasteiger partial charge in [0.1, 0.15) is 11.3 Å². The van der Waals surface area contributed by atoms with Crippen molar-refractivity contribution < 1.29 is 14.3 Å². The van der Waals surface area contributed by atoms with Crippen LogP contribution in [0.4, 0.5) is 0 Å². The van der Waals surface area contributed by atoms with Crippen LogP contribution < -0.4 is 4.74 Å². The van der Waals surface area contributed by atoms with E-state index >= 15 is 0 Å². The maximum atomic E-state index is 12.4. The van der Waals surface area contributed by atoms with Gasteiger partial charge >= 0.3 is 0 Å². The Bertz CT molecular complexity index is 625. The van der Waals surface area contributed by atoms with Crippen LogP contribution in [0.2, 0.25) is 0 Å². The number of carbonyl (C=O) groups is 2. The SMILES string of the molecule is CCC(=O)c1ccc(OCC(=O)N(C)C2(C#N)CCCCC2)cc1. The highest BCUT2D eigenvalue weighted by atomic mass is 16.5. The lowest BCUT2D eigenvalue weighted by Gasteiger charge is -2.38. The van der Waals surface area contributed by atoms with Gasteiger partial charge in [-0.15, -0.1) is 0 Å². The number of Topliss-reactive ketones (excluding diaryl/α,β-unsaturated/α-hetero) is 1. The van der Waals surface area contributed by atoms with Crippen molar-refractivity contribution in [3.63, 3.8) is 0 Å². The van der Waals surface area contributed by atoms with Gasteiger partial charge in [-0.2, -0.15) is 5.26 Å². The number of rotatable bonds is 6. The Kier molecular flexibility index (Phi) is 5.97. The number of nitrogens with zero attached hydrogens (tertiary/aromatic N) is 2. The van der Waals surface area contributed by atoms with E-state index in [1.165, 1.54) is 0 Å². The predicted molar refractivity (Wildman–Crippen MR) is 90.8 cm³/mol. The third-order valence-electron chi connectivity index (χ3n) is 4.76. The van der Waals surface area contributed by atoms with Gasteiger partial charge in [0.15, 0.2) is 12.4 Å². The first-order chi connectivity index (χ1) is 11.5. The van der Waals surface area contributed by atoms with E-state index in [4.69, 9.17) is 4.74 Å². The molecule has 24 heavy (non-hydrogen) atoms. The molecular weight excluding hydrogens is 304 g/mol. The van der Waals surface area contributed by atoms with Crippen molar-refractivity contribution in [2.45, 2.75) is 51.0 Å². The van der Waals surface area contributed by atoms with E-state index in [-0.39, 0.29) is 18.3 Å². The van der Waals surface area contributed by atoms with Crippen LogP contribution in [0.1, 0.15) is 55.8 Å². The van der Waals surface area contributed by atoms with Crippen LogP contribution in [0.15, 0.2) is 24.3 Å². The normalized spacial score (nSPS) is 16.0.